The molecular weight excluding hydrogens is 306 g/mol. The van der Waals surface area contributed by atoms with Crippen LogP contribution in [0.2, 0.25) is 0 Å². The maximum atomic E-state index is 11.8. The standard InChI is InChI=1S/C19H17NO4/c1-24-19-10-6-14(12-18(19)23)5-8-16(21)13-17(22)9-7-15-4-2-3-11-20-15/h2-12,23H,13H2,1H3/b8-5+,9-7+. The molecule has 0 aliphatic rings. The van der Waals surface area contributed by atoms with Gasteiger partial charge in [-0.05, 0) is 48.1 Å². The van der Waals surface area contributed by atoms with Gasteiger partial charge in [-0.3, -0.25) is 14.6 Å². The van der Waals surface area contributed by atoms with Crippen LogP contribution in [0.1, 0.15) is 17.7 Å². The van der Waals surface area contributed by atoms with Crippen LogP contribution in [0.5, 0.6) is 11.5 Å². The van der Waals surface area contributed by atoms with Crippen molar-refractivity contribution in [3.05, 3.63) is 66.0 Å². The Hall–Kier alpha value is -3.21. The van der Waals surface area contributed by atoms with E-state index in [1.165, 1.54) is 31.4 Å². The first kappa shape index (κ1) is 17.1. The van der Waals surface area contributed by atoms with Crippen LogP contribution < -0.4 is 4.74 Å². The van der Waals surface area contributed by atoms with Gasteiger partial charge in [0.2, 0.25) is 0 Å². The Labute approximate surface area is 139 Å². The summed E-state index contributed by atoms with van der Waals surface area (Å²) in [6.45, 7) is 0. The Morgan fingerprint density at radius 3 is 2.50 bits per heavy atom. The first-order valence-corrected chi connectivity index (χ1v) is 7.28. The number of pyridine rings is 1. The predicted octanol–water partition coefficient (Wildman–Crippen LogP) is 3.05. The van der Waals surface area contributed by atoms with Gasteiger partial charge in [-0.1, -0.05) is 18.2 Å². The van der Waals surface area contributed by atoms with Gasteiger partial charge in [-0.15, -0.1) is 0 Å². The monoisotopic (exact) mass is 323 g/mol. The van der Waals surface area contributed by atoms with Gasteiger partial charge in [-0.25, -0.2) is 0 Å². The number of carbonyl (C=O) groups is 2. The van der Waals surface area contributed by atoms with Crippen LogP contribution in [-0.4, -0.2) is 28.8 Å². The lowest BCUT2D eigenvalue weighted by atomic mass is 10.1. The quantitative estimate of drug-likeness (QED) is 0.626. The number of aromatic hydroxyl groups is 1. The third kappa shape index (κ3) is 5.21. The van der Waals surface area contributed by atoms with Crippen LogP contribution >= 0.6 is 0 Å². The lowest BCUT2D eigenvalue weighted by molar-refractivity contribution is -0.121. The van der Waals surface area contributed by atoms with E-state index in [1.54, 1.807) is 36.5 Å². The van der Waals surface area contributed by atoms with Crippen LogP contribution in [0, 0.1) is 0 Å². The van der Waals surface area contributed by atoms with Gasteiger partial charge >= 0.3 is 0 Å². The van der Waals surface area contributed by atoms with Crippen LogP contribution in [-0.2, 0) is 9.59 Å². The fraction of sp³-hybridized carbons (Fsp3) is 0.105. The second kappa shape index (κ2) is 8.43. The van der Waals surface area contributed by atoms with Crippen LogP contribution in [0.4, 0.5) is 0 Å². The second-order valence-corrected chi connectivity index (χ2v) is 4.96. The first-order chi connectivity index (χ1) is 11.6. The van der Waals surface area contributed by atoms with E-state index in [0.717, 1.165) is 0 Å². The molecule has 0 spiro atoms. The van der Waals surface area contributed by atoms with Crippen molar-refractivity contribution < 1.29 is 19.4 Å². The zero-order valence-electron chi connectivity index (χ0n) is 13.2. The molecule has 1 heterocycles. The highest BCUT2D eigenvalue weighted by atomic mass is 16.5. The van der Waals surface area contributed by atoms with E-state index in [0.29, 0.717) is 17.0 Å². The third-order valence-electron chi connectivity index (χ3n) is 3.14. The maximum Gasteiger partial charge on any atom is 0.163 e. The average Bonchev–Trinajstić information content (AvgIpc) is 2.59. The topological polar surface area (TPSA) is 76.5 Å². The van der Waals surface area contributed by atoms with Crippen molar-refractivity contribution in [2.45, 2.75) is 6.42 Å². The van der Waals surface area contributed by atoms with Gasteiger partial charge in [0.25, 0.3) is 0 Å². The summed E-state index contributed by atoms with van der Waals surface area (Å²) in [4.78, 5) is 27.6. The number of methoxy groups -OCH3 is 1. The van der Waals surface area contributed by atoms with Crippen molar-refractivity contribution in [2.24, 2.45) is 0 Å². The molecule has 0 fully saturated rings. The molecule has 5 nitrogen and oxygen atoms in total. The van der Waals surface area contributed by atoms with Crippen LogP contribution in [0.15, 0.2) is 54.7 Å². The van der Waals surface area contributed by atoms with Gasteiger partial charge < -0.3 is 9.84 Å². The summed E-state index contributed by atoms with van der Waals surface area (Å²) in [6, 6.07) is 10.1. The molecule has 1 aromatic carbocycles. The van der Waals surface area contributed by atoms with E-state index in [-0.39, 0.29) is 23.7 Å². The number of ether oxygens (including phenoxy) is 1. The molecule has 0 aliphatic heterocycles. The van der Waals surface area contributed by atoms with Gasteiger partial charge in [0.15, 0.2) is 23.1 Å². The molecule has 0 aliphatic carbocycles. The van der Waals surface area contributed by atoms with Gasteiger partial charge in [-0.2, -0.15) is 0 Å². The summed E-state index contributed by atoms with van der Waals surface area (Å²) in [5, 5.41) is 9.67. The lowest BCUT2D eigenvalue weighted by Gasteiger charge is -2.03. The minimum Gasteiger partial charge on any atom is -0.504 e. The molecule has 0 bridgehead atoms. The van der Waals surface area contributed by atoms with E-state index in [4.69, 9.17) is 4.74 Å². The molecule has 122 valence electrons. The summed E-state index contributed by atoms with van der Waals surface area (Å²) in [5.74, 6) is -0.274. The molecule has 2 aromatic rings. The highest BCUT2D eigenvalue weighted by Gasteiger charge is 2.04. The molecular formula is C19H17NO4. The van der Waals surface area contributed by atoms with Gasteiger partial charge in [0.1, 0.15) is 0 Å². The zero-order valence-corrected chi connectivity index (χ0v) is 13.2. The number of ketones is 2. The first-order valence-electron chi connectivity index (χ1n) is 7.28. The number of nitrogens with zero attached hydrogens (tertiary/aromatic N) is 1. The summed E-state index contributed by atoms with van der Waals surface area (Å²) in [7, 11) is 1.46. The molecule has 24 heavy (non-hydrogen) atoms. The van der Waals surface area contributed by atoms with E-state index in [2.05, 4.69) is 4.98 Å². The Kier molecular flexibility index (Phi) is 6.02. The average molecular weight is 323 g/mol. The van der Waals surface area contributed by atoms with Crippen LogP contribution in [0.3, 0.4) is 0 Å². The summed E-state index contributed by atoms with van der Waals surface area (Å²) in [6.07, 6.45) is 7.17. The molecule has 1 aromatic heterocycles. The maximum absolute atomic E-state index is 11.8. The molecule has 1 N–H and O–H groups in total. The number of hydrogen-bond acceptors (Lipinski definition) is 5. The summed E-state index contributed by atoms with van der Waals surface area (Å²) < 4.78 is 4.94. The Bertz CT molecular complexity index is 779. The zero-order chi connectivity index (χ0) is 17.4. The normalized spacial score (nSPS) is 11.0. The molecule has 0 amide bonds. The largest absolute Gasteiger partial charge is 0.504 e. The number of hydrogen-bond donors (Lipinski definition) is 1. The number of rotatable bonds is 7. The molecule has 0 unspecified atom stereocenters. The molecule has 0 saturated carbocycles. The number of phenols is 1. The second-order valence-electron chi connectivity index (χ2n) is 4.96. The Morgan fingerprint density at radius 2 is 1.88 bits per heavy atom. The van der Waals surface area contributed by atoms with Crippen molar-refractivity contribution >= 4 is 23.7 Å². The van der Waals surface area contributed by atoms with Crippen molar-refractivity contribution in [2.75, 3.05) is 7.11 Å². The van der Waals surface area contributed by atoms with E-state index in [9.17, 15) is 14.7 Å². The summed E-state index contributed by atoms with van der Waals surface area (Å²) in [5.41, 5.74) is 1.29. The SMILES string of the molecule is COc1ccc(/C=C/C(=O)CC(=O)/C=C/c2ccccn2)cc1O. The van der Waals surface area contributed by atoms with Crippen molar-refractivity contribution in [1.82, 2.24) is 4.98 Å². The number of allylic oxidation sites excluding steroid dienone is 2. The van der Waals surface area contributed by atoms with E-state index >= 15 is 0 Å². The number of phenolic OH excluding ortho intramolecular Hbond substituents is 1. The predicted molar refractivity (Wildman–Crippen MR) is 91.6 cm³/mol. The minimum atomic E-state index is -0.319. The van der Waals surface area contributed by atoms with E-state index in [1.807, 2.05) is 6.07 Å². The Morgan fingerprint density at radius 1 is 1.12 bits per heavy atom. The fourth-order valence-electron chi connectivity index (χ4n) is 1.94. The lowest BCUT2D eigenvalue weighted by Crippen LogP contribution is -2.02. The number of benzene rings is 1. The molecule has 0 radical (unpaired) electrons. The van der Waals surface area contributed by atoms with Gasteiger partial charge in [0.05, 0.1) is 19.2 Å². The van der Waals surface area contributed by atoms with Crippen molar-refractivity contribution in [3.63, 3.8) is 0 Å². The Balaban J connectivity index is 1.91. The highest BCUT2D eigenvalue weighted by molar-refractivity contribution is 6.10. The summed E-state index contributed by atoms with van der Waals surface area (Å²) >= 11 is 0. The van der Waals surface area contributed by atoms with E-state index < -0.39 is 0 Å². The smallest absolute Gasteiger partial charge is 0.163 e. The molecule has 2 rings (SSSR count). The number of aromatic nitrogens is 1. The van der Waals surface area contributed by atoms with Crippen molar-refractivity contribution in [1.29, 1.82) is 0 Å². The van der Waals surface area contributed by atoms with Crippen molar-refractivity contribution in [3.8, 4) is 11.5 Å². The molecule has 5 heteroatoms. The third-order valence-corrected chi connectivity index (χ3v) is 3.14. The number of carbonyl (C=O) groups excluding carboxylic acids is 2. The van der Waals surface area contributed by atoms with Gasteiger partial charge in [0, 0.05) is 6.20 Å². The fourth-order valence-corrected chi connectivity index (χ4v) is 1.94. The van der Waals surface area contributed by atoms with Crippen LogP contribution in [0.25, 0.3) is 12.2 Å². The minimum absolute atomic E-state index is 0.0125. The highest BCUT2D eigenvalue weighted by Crippen LogP contribution is 2.26. The molecule has 0 saturated heterocycles. The molecule has 0 atom stereocenters.